The Kier molecular flexibility index (Phi) is 4.37. The van der Waals surface area contributed by atoms with E-state index in [1.54, 1.807) is 37.3 Å². The van der Waals surface area contributed by atoms with E-state index < -0.39 is 0 Å². The summed E-state index contributed by atoms with van der Waals surface area (Å²) in [6, 6.07) is 5.27. The number of nitrogens with zero attached hydrogens (tertiary/aromatic N) is 1. The summed E-state index contributed by atoms with van der Waals surface area (Å²) in [6.07, 6.45) is 0. The molecule has 0 heterocycles. The Morgan fingerprint density at radius 3 is 1.81 bits per heavy atom. The van der Waals surface area contributed by atoms with Crippen molar-refractivity contribution < 1.29 is 14.2 Å². The van der Waals surface area contributed by atoms with Crippen LogP contribution >= 0.6 is 12.2 Å². The van der Waals surface area contributed by atoms with Gasteiger partial charge in [-0.2, -0.15) is 0 Å². The molecule has 0 amide bonds. The van der Waals surface area contributed by atoms with Crippen LogP contribution in [0.5, 0.6) is 17.2 Å². The van der Waals surface area contributed by atoms with Crippen molar-refractivity contribution in [1.82, 2.24) is 4.90 Å². The summed E-state index contributed by atoms with van der Waals surface area (Å²) < 4.78 is 15.7. The number of hydrogen-bond acceptors (Lipinski definition) is 4. The molecule has 0 bridgehead atoms. The van der Waals surface area contributed by atoms with E-state index in [2.05, 4.69) is 0 Å². The van der Waals surface area contributed by atoms with Gasteiger partial charge < -0.3 is 19.1 Å². The molecule has 1 aromatic rings. The molecule has 0 aliphatic rings. The SMILES string of the molecule is COc1cc(OC)cc(OC(=S)N(C)C)c1. The predicted octanol–water partition coefficient (Wildman–Crippen LogP) is 1.93. The van der Waals surface area contributed by atoms with Crippen LogP contribution in [-0.2, 0) is 0 Å². The van der Waals surface area contributed by atoms with Crippen LogP contribution in [0.4, 0.5) is 0 Å². The molecule has 0 unspecified atom stereocenters. The van der Waals surface area contributed by atoms with E-state index in [0.29, 0.717) is 22.4 Å². The largest absolute Gasteiger partial charge is 0.496 e. The standard InChI is InChI=1S/C11H15NO3S/c1-12(2)11(16)15-10-6-8(13-3)5-9(7-10)14-4/h5-7H,1-4H3. The molecule has 0 N–H and O–H groups in total. The summed E-state index contributed by atoms with van der Waals surface area (Å²) in [6.45, 7) is 0. The molecule has 88 valence electrons. The minimum atomic E-state index is 0.385. The Labute approximate surface area is 101 Å². The average molecular weight is 241 g/mol. The molecule has 4 nitrogen and oxygen atoms in total. The number of methoxy groups -OCH3 is 2. The number of hydrogen-bond donors (Lipinski definition) is 0. The van der Waals surface area contributed by atoms with Gasteiger partial charge in [0.05, 0.1) is 14.2 Å². The van der Waals surface area contributed by atoms with Gasteiger partial charge in [0.1, 0.15) is 17.2 Å². The van der Waals surface area contributed by atoms with Gasteiger partial charge in [0.25, 0.3) is 5.17 Å². The molecule has 0 aromatic heterocycles. The maximum atomic E-state index is 5.46. The minimum absolute atomic E-state index is 0.385. The fraction of sp³-hybridized carbons (Fsp3) is 0.364. The minimum Gasteiger partial charge on any atom is -0.496 e. The van der Waals surface area contributed by atoms with Gasteiger partial charge in [0, 0.05) is 32.3 Å². The first-order valence-corrected chi connectivity index (χ1v) is 5.10. The van der Waals surface area contributed by atoms with Gasteiger partial charge in [-0.15, -0.1) is 0 Å². The maximum Gasteiger partial charge on any atom is 0.264 e. The van der Waals surface area contributed by atoms with Crippen LogP contribution in [0.25, 0.3) is 0 Å². The number of benzene rings is 1. The Hall–Kier alpha value is -1.49. The summed E-state index contributed by atoms with van der Waals surface area (Å²) in [5.41, 5.74) is 0. The maximum absolute atomic E-state index is 5.46. The lowest BCUT2D eigenvalue weighted by molar-refractivity contribution is 0.386. The second kappa shape index (κ2) is 5.55. The molecule has 1 rings (SSSR count). The molecule has 0 saturated heterocycles. The van der Waals surface area contributed by atoms with E-state index in [1.165, 1.54) is 0 Å². The van der Waals surface area contributed by atoms with Gasteiger partial charge in [-0.3, -0.25) is 0 Å². The number of thiocarbonyl (C=S) groups is 1. The third-order valence-electron chi connectivity index (χ3n) is 1.90. The molecule has 0 aliphatic heterocycles. The van der Waals surface area contributed by atoms with E-state index >= 15 is 0 Å². The number of rotatable bonds is 3. The summed E-state index contributed by atoms with van der Waals surface area (Å²) in [5, 5.41) is 0.385. The second-order valence-corrected chi connectivity index (χ2v) is 3.66. The van der Waals surface area contributed by atoms with Crippen molar-refractivity contribution >= 4 is 17.4 Å². The van der Waals surface area contributed by atoms with Gasteiger partial charge in [0.15, 0.2) is 0 Å². The molecular weight excluding hydrogens is 226 g/mol. The highest BCUT2D eigenvalue weighted by atomic mass is 32.1. The summed E-state index contributed by atoms with van der Waals surface area (Å²) >= 11 is 5.04. The second-order valence-electron chi connectivity index (χ2n) is 3.31. The van der Waals surface area contributed by atoms with Crippen LogP contribution in [-0.4, -0.2) is 38.4 Å². The van der Waals surface area contributed by atoms with Crippen molar-refractivity contribution in [3.8, 4) is 17.2 Å². The van der Waals surface area contributed by atoms with Crippen LogP contribution in [0.3, 0.4) is 0 Å². The van der Waals surface area contributed by atoms with E-state index in [0.717, 1.165) is 0 Å². The van der Waals surface area contributed by atoms with Crippen LogP contribution in [0, 0.1) is 0 Å². The van der Waals surface area contributed by atoms with Crippen molar-refractivity contribution in [2.24, 2.45) is 0 Å². The monoisotopic (exact) mass is 241 g/mol. The average Bonchev–Trinajstić information content (AvgIpc) is 2.28. The van der Waals surface area contributed by atoms with Crippen LogP contribution in [0.15, 0.2) is 18.2 Å². The highest BCUT2D eigenvalue weighted by molar-refractivity contribution is 7.80. The normalized spacial score (nSPS) is 9.50. The zero-order chi connectivity index (χ0) is 12.1. The molecule has 0 spiro atoms. The van der Waals surface area contributed by atoms with Crippen molar-refractivity contribution in [1.29, 1.82) is 0 Å². The highest BCUT2D eigenvalue weighted by Crippen LogP contribution is 2.27. The topological polar surface area (TPSA) is 30.9 Å². The molecule has 0 aliphatic carbocycles. The molecular formula is C11H15NO3S. The summed E-state index contributed by atoms with van der Waals surface area (Å²) in [4.78, 5) is 1.71. The van der Waals surface area contributed by atoms with Crippen LogP contribution in [0.1, 0.15) is 0 Å². The summed E-state index contributed by atoms with van der Waals surface area (Å²) in [7, 11) is 6.81. The molecule has 1 aromatic carbocycles. The van der Waals surface area contributed by atoms with Gasteiger partial charge in [-0.1, -0.05) is 0 Å². The van der Waals surface area contributed by atoms with E-state index in [-0.39, 0.29) is 0 Å². The van der Waals surface area contributed by atoms with E-state index in [4.69, 9.17) is 26.4 Å². The molecule has 16 heavy (non-hydrogen) atoms. The molecule has 0 saturated carbocycles. The van der Waals surface area contributed by atoms with Crippen LogP contribution < -0.4 is 14.2 Å². The molecule has 0 atom stereocenters. The van der Waals surface area contributed by atoms with Gasteiger partial charge >= 0.3 is 0 Å². The van der Waals surface area contributed by atoms with E-state index in [9.17, 15) is 0 Å². The van der Waals surface area contributed by atoms with Gasteiger partial charge in [-0.05, 0) is 12.2 Å². The third kappa shape index (κ3) is 3.27. The predicted molar refractivity (Wildman–Crippen MR) is 66.5 cm³/mol. The highest BCUT2D eigenvalue weighted by Gasteiger charge is 2.06. The lowest BCUT2D eigenvalue weighted by atomic mass is 10.3. The van der Waals surface area contributed by atoms with Crippen molar-refractivity contribution in [3.05, 3.63) is 18.2 Å². The fourth-order valence-electron chi connectivity index (χ4n) is 1.03. The van der Waals surface area contributed by atoms with Crippen molar-refractivity contribution in [3.63, 3.8) is 0 Å². The number of ether oxygens (including phenoxy) is 3. The first-order valence-electron chi connectivity index (χ1n) is 4.69. The lowest BCUT2D eigenvalue weighted by Crippen LogP contribution is -2.24. The zero-order valence-corrected chi connectivity index (χ0v) is 10.6. The van der Waals surface area contributed by atoms with Gasteiger partial charge in [0.2, 0.25) is 0 Å². The van der Waals surface area contributed by atoms with Crippen molar-refractivity contribution in [2.75, 3.05) is 28.3 Å². The summed E-state index contributed by atoms with van der Waals surface area (Å²) in [5.74, 6) is 1.92. The Morgan fingerprint density at radius 1 is 1.00 bits per heavy atom. The first kappa shape index (κ1) is 12.6. The quantitative estimate of drug-likeness (QED) is 0.755. The molecule has 0 fully saturated rings. The molecule has 0 radical (unpaired) electrons. The fourth-order valence-corrected chi connectivity index (χ4v) is 1.13. The van der Waals surface area contributed by atoms with Gasteiger partial charge in [-0.25, -0.2) is 0 Å². The Balaban J connectivity index is 2.91. The third-order valence-corrected chi connectivity index (χ3v) is 2.34. The smallest absolute Gasteiger partial charge is 0.264 e. The molecule has 5 heteroatoms. The zero-order valence-electron chi connectivity index (χ0n) is 9.81. The Morgan fingerprint density at radius 2 is 1.44 bits per heavy atom. The lowest BCUT2D eigenvalue weighted by Gasteiger charge is -2.15. The Bertz CT molecular complexity index is 357. The van der Waals surface area contributed by atoms with E-state index in [1.807, 2.05) is 14.1 Å². The van der Waals surface area contributed by atoms with Crippen molar-refractivity contribution in [2.45, 2.75) is 0 Å². The van der Waals surface area contributed by atoms with Crippen LogP contribution in [0.2, 0.25) is 0 Å². The first-order chi connectivity index (χ1) is 7.56.